The largest absolute Gasteiger partial charge is 0.496 e. The molecule has 0 atom stereocenters. The number of aryl methyl sites for hydroxylation is 1. The van der Waals surface area contributed by atoms with E-state index >= 15 is 0 Å². The van der Waals surface area contributed by atoms with Gasteiger partial charge in [-0.15, -0.1) is 0 Å². The van der Waals surface area contributed by atoms with Crippen molar-refractivity contribution in [1.82, 2.24) is 4.90 Å². The zero-order valence-electron chi connectivity index (χ0n) is 16.6. The summed E-state index contributed by atoms with van der Waals surface area (Å²) in [6.45, 7) is 6.52. The maximum atomic E-state index is 12.8. The van der Waals surface area contributed by atoms with Crippen LogP contribution in [0.1, 0.15) is 25.0 Å². The Morgan fingerprint density at radius 3 is 2.44 bits per heavy atom. The molecule has 5 heteroatoms. The number of hydrogen-bond donors (Lipinski definition) is 0. The van der Waals surface area contributed by atoms with Gasteiger partial charge in [-0.1, -0.05) is 30.3 Å². The number of hydrogen-bond acceptors (Lipinski definition) is 3. The molecule has 144 valence electrons. The van der Waals surface area contributed by atoms with Crippen molar-refractivity contribution in [2.75, 3.05) is 31.6 Å². The average molecular weight is 368 g/mol. The quantitative estimate of drug-likeness (QED) is 0.717. The molecule has 0 saturated heterocycles. The van der Waals surface area contributed by atoms with Crippen LogP contribution in [0.4, 0.5) is 5.69 Å². The molecule has 5 nitrogen and oxygen atoms in total. The Hall–Kier alpha value is -2.82. The van der Waals surface area contributed by atoms with Gasteiger partial charge >= 0.3 is 0 Å². The summed E-state index contributed by atoms with van der Waals surface area (Å²) in [5.74, 6) is 0.596. The molecule has 0 aromatic heterocycles. The molecular weight excluding hydrogens is 340 g/mol. The van der Waals surface area contributed by atoms with Crippen molar-refractivity contribution < 1.29 is 14.3 Å². The molecule has 0 aliphatic carbocycles. The Morgan fingerprint density at radius 1 is 1.07 bits per heavy atom. The van der Waals surface area contributed by atoms with Crippen molar-refractivity contribution in [1.29, 1.82) is 0 Å². The number of para-hydroxylation sites is 1. The van der Waals surface area contributed by atoms with E-state index in [0.29, 0.717) is 19.5 Å². The monoisotopic (exact) mass is 368 g/mol. The number of nitrogens with zero attached hydrogens (tertiary/aromatic N) is 2. The Morgan fingerprint density at radius 2 is 1.81 bits per heavy atom. The second-order valence-electron chi connectivity index (χ2n) is 6.48. The summed E-state index contributed by atoms with van der Waals surface area (Å²) in [6.07, 6.45) is 0.632. The fourth-order valence-corrected chi connectivity index (χ4v) is 3.06. The second-order valence-corrected chi connectivity index (χ2v) is 6.48. The summed E-state index contributed by atoms with van der Waals surface area (Å²) >= 11 is 0. The van der Waals surface area contributed by atoms with Crippen molar-refractivity contribution in [2.24, 2.45) is 0 Å². The molecule has 0 unspecified atom stereocenters. The van der Waals surface area contributed by atoms with E-state index in [4.69, 9.17) is 4.74 Å². The number of benzene rings is 2. The summed E-state index contributed by atoms with van der Waals surface area (Å²) in [7, 11) is 1.63. The normalized spacial score (nSPS) is 10.4. The third-order valence-corrected chi connectivity index (χ3v) is 4.55. The summed E-state index contributed by atoms with van der Waals surface area (Å²) in [6, 6.07) is 15.6. The van der Waals surface area contributed by atoms with Crippen LogP contribution in [-0.4, -0.2) is 43.5 Å². The van der Waals surface area contributed by atoms with Crippen molar-refractivity contribution in [3.63, 3.8) is 0 Å². The van der Waals surface area contributed by atoms with Gasteiger partial charge in [0.25, 0.3) is 0 Å². The predicted molar refractivity (Wildman–Crippen MR) is 108 cm³/mol. The van der Waals surface area contributed by atoms with E-state index in [-0.39, 0.29) is 18.4 Å². The smallest absolute Gasteiger partial charge is 0.246 e. The van der Waals surface area contributed by atoms with E-state index in [9.17, 15) is 9.59 Å². The van der Waals surface area contributed by atoms with Gasteiger partial charge in [0.1, 0.15) is 12.3 Å². The lowest BCUT2D eigenvalue weighted by Crippen LogP contribution is -2.43. The number of anilines is 1. The molecule has 0 spiro atoms. The molecule has 0 radical (unpaired) electrons. The zero-order valence-corrected chi connectivity index (χ0v) is 16.6. The van der Waals surface area contributed by atoms with Crippen molar-refractivity contribution in [2.45, 2.75) is 27.2 Å². The lowest BCUT2D eigenvalue weighted by Gasteiger charge is -2.26. The lowest BCUT2D eigenvalue weighted by molar-refractivity contribution is -0.133. The molecule has 2 aromatic rings. The molecule has 0 bridgehead atoms. The number of ether oxygens (including phenoxy) is 1. The molecule has 2 amide bonds. The molecule has 0 fully saturated rings. The number of amides is 2. The van der Waals surface area contributed by atoms with Gasteiger partial charge in [0.05, 0.1) is 7.11 Å². The zero-order chi connectivity index (χ0) is 19.8. The minimum Gasteiger partial charge on any atom is -0.496 e. The Kier molecular flexibility index (Phi) is 7.41. The first kappa shape index (κ1) is 20.5. The fourth-order valence-electron chi connectivity index (χ4n) is 3.06. The van der Waals surface area contributed by atoms with Crippen LogP contribution in [0.15, 0.2) is 48.5 Å². The van der Waals surface area contributed by atoms with Crippen molar-refractivity contribution in [3.8, 4) is 5.75 Å². The van der Waals surface area contributed by atoms with Crippen LogP contribution in [-0.2, 0) is 16.0 Å². The number of carbonyl (C=O) groups excluding carboxylic acids is 2. The van der Waals surface area contributed by atoms with Crippen LogP contribution >= 0.6 is 0 Å². The van der Waals surface area contributed by atoms with Crippen LogP contribution in [0.2, 0.25) is 0 Å². The van der Waals surface area contributed by atoms with E-state index < -0.39 is 0 Å². The first-order chi connectivity index (χ1) is 13.0. The summed E-state index contributed by atoms with van der Waals surface area (Å²) in [4.78, 5) is 28.2. The Bertz CT molecular complexity index is 789. The van der Waals surface area contributed by atoms with E-state index in [1.807, 2.05) is 62.4 Å². The third kappa shape index (κ3) is 5.58. The Labute approximate surface area is 161 Å². The standard InChI is InChI=1S/C22H28N2O3/c1-5-24(20-11-8-9-17(2)15-20)22(26)16-23(18(3)25)14-13-19-10-6-7-12-21(19)27-4/h6-12,15H,5,13-14,16H2,1-4H3. The van der Waals surface area contributed by atoms with Gasteiger partial charge in [-0.2, -0.15) is 0 Å². The van der Waals surface area contributed by atoms with Gasteiger partial charge in [0, 0.05) is 25.7 Å². The van der Waals surface area contributed by atoms with E-state index in [2.05, 4.69) is 0 Å². The van der Waals surface area contributed by atoms with E-state index in [1.54, 1.807) is 16.9 Å². The summed E-state index contributed by atoms with van der Waals surface area (Å²) in [5, 5.41) is 0. The summed E-state index contributed by atoms with van der Waals surface area (Å²) in [5.41, 5.74) is 2.97. The number of likely N-dealkylation sites (N-methyl/N-ethyl adjacent to an activating group) is 1. The van der Waals surface area contributed by atoms with Gasteiger partial charge in [0.15, 0.2) is 0 Å². The van der Waals surface area contributed by atoms with Crippen LogP contribution in [0, 0.1) is 6.92 Å². The molecule has 0 N–H and O–H groups in total. The highest BCUT2D eigenvalue weighted by molar-refractivity contribution is 5.96. The molecular formula is C22H28N2O3. The van der Waals surface area contributed by atoms with Crippen LogP contribution < -0.4 is 9.64 Å². The molecule has 0 aliphatic heterocycles. The van der Waals surface area contributed by atoms with Crippen molar-refractivity contribution >= 4 is 17.5 Å². The molecule has 27 heavy (non-hydrogen) atoms. The number of rotatable bonds is 8. The number of methoxy groups -OCH3 is 1. The van der Waals surface area contributed by atoms with E-state index in [0.717, 1.165) is 22.6 Å². The second kappa shape index (κ2) is 9.76. The van der Waals surface area contributed by atoms with Gasteiger partial charge in [-0.3, -0.25) is 9.59 Å². The molecule has 0 saturated carbocycles. The van der Waals surface area contributed by atoms with Crippen LogP contribution in [0.25, 0.3) is 0 Å². The highest BCUT2D eigenvalue weighted by atomic mass is 16.5. The SMILES string of the molecule is CCN(C(=O)CN(CCc1ccccc1OC)C(C)=O)c1cccc(C)c1. The first-order valence-corrected chi connectivity index (χ1v) is 9.20. The van der Waals surface area contributed by atoms with Gasteiger partial charge in [-0.05, 0) is 49.6 Å². The van der Waals surface area contributed by atoms with Gasteiger partial charge in [0.2, 0.25) is 11.8 Å². The van der Waals surface area contributed by atoms with Gasteiger partial charge in [-0.25, -0.2) is 0 Å². The Balaban J connectivity index is 2.08. The third-order valence-electron chi connectivity index (χ3n) is 4.55. The average Bonchev–Trinajstić information content (AvgIpc) is 2.65. The topological polar surface area (TPSA) is 49.9 Å². The highest BCUT2D eigenvalue weighted by Gasteiger charge is 2.20. The van der Waals surface area contributed by atoms with Crippen molar-refractivity contribution in [3.05, 3.63) is 59.7 Å². The van der Waals surface area contributed by atoms with Gasteiger partial charge < -0.3 is 14.5 Å². The molecule has 0 aliphatic rings. The highest BCUT2D eigenvalue weighted by Crippen LogP contribution is 2.19. The lowest BCUT2D eigenvalue weighted by atomic mass is 10.1. The minimum atomic E-state index is -0.112. The minimum absolute atomic E-state index is 0.0618. The molecule has 0 heterocycles. The predicted octanol–water partition coefficient (Wildman–Crippen LogP) is 3.45. The van der Waals surface area contributed by atoms with Crippen LogP contribution in [0.3, 0.4) is 0 Å². The molecule has 2 rings (SSSR count). The fraction of sp³-hybridized carbons (Fsp3) is 0.364. The molecule has 2 aromatic carbocycles. The summed E-state index contributed by atoms with van der Waals surface area (Å²) < 4.78 is 5.37. The maximum absolute atomic E-state index is 12.8. The number of carbonyl (C=O) groups is 2. The first-order valence-electron chi connectivity index (χ1n) is 9.20. The van der Waals surface area contributed by atoms with E-state index in [1.165, 1.54) is 6.92 Å². The van der Waals surface area contributed by atoms with Crippen LogP contribution in [0.5, 0.6) is 5.75 Å². The maximum Gasteiger partial charge on any atom is 0.246 e.